The van der Waals surface area contributed by atoms with Gasteiger partial charge in [0.25, 0.3) is 0 Å². The molecule has 0 fully saturated rings. The minimum absolute atomic E-state index is 0.0486. The van der Waals surface area contributed by atoms with Crippen molar-refractivity contribution in [3.05, 3.63) is 45.6 Å². The Kier molecular flexibility index (Phi) is 2.74. The number of aryl methyl sites for hydroxylation is 1. The molecule has 3 rings (SSSR count). The van der Waals surface area contributed by atoms with Crippen LogP contribution in [-0.2, 0) is 6.42 Å². The summed E-state index contributed by atoms with van der Waals surface area (Å²) in [7, 11) is 0. The van der Waals surface area contributed by atoms with E-state index in [9.17, 15) is 10.1 Å². The van der Waals surface area contributed by atoms with Crippen molar-refractivity contribution in [3.8, 4) is 0 Å². The second kappa shape index (κ2) is 4.44. The average Bonchev–Trinajstić information content (AvgIpc) is 2.80. The average molecular weight is 271 g/mol. The highest BCUT2D eigenvalue weighted by Gasteiger charge is 2.30. The maximum absolute atomic E-state index is 11.3. The number of nitrogens with two attached hydrogens (primary N) is 1. The zero-order chi connectivity index (χ0) is 14.3. The molecule has 0 radical (unpaired) electrons. The zero-order valence-corrected chi connectivity index (χ0v) is 10.9. The van der Waals surface area contributed by atoms with E-state index in [1.54, 1.807) is 6.92 Å². The number of anilines is 3. The summed E-state index contributed by atoms with van der Waals surface area (Å²) in [6.45, 7) is 2.22. The predicted molar refractivity (Wildman–Crippen MR) is 75.0 cm³/mol. The molecule has 1 aromatic carbocycles. The van der Waals surface area contributed by atoms with Crippen LogP contribution in [0.3, 0.4) is 0 Å². The Morgan fingerprint density at radius 2 is 2.10 bits per heavy atom. The molecule has 102 valence electrons. The van der Waals surface area contributed by atoms with Gasteiger partial charge in [0, 0.05) is 12.2 Å². The molecular formula is C13H13N5O2. The van der Waals surface area contributed by atoms with Gasteiger partial charge in [-0.3, -0.25) is 10.1 Å². The smallest absolute Gasteiger partial charge is 0.333 e. The Balaban J connectivity index is 2.19. The van der Waals surface area contributed by atoms with Gasteiger partial charge >= 0.3 is 5.69 Å². The number of aromatic nitrogens is 2. The van der Waals surface area contributed by atoms with Crippen molar-refractivity contribution in [2.24, 2.45) is 0 Å². The molecule has 0 aliphatic carbocycles. The molecule has 2 aromatic rings. The van der Waals surface area contributed by atoms with E-state index in [0.29, 0.717) is 6.54 Å². The normalized spacial score (nSPS) is 13.3. The van der Waals surface area contributed by atoms with Crippen LogP contribution in [0.2, 0.25) is 0 Å². The lowest BCUT2D eigenvalue weighted by molar-refractivity contribution is -0.385. The first-order valence-electron chi connectivity index (χ1n) is 6.22. The molecule has 7 nitrogen and oxygen atoms in total. The lowest BCUT2D eigenvalue weighted by Gasteiger charge is -2.18. The molecule has 0 saturated carbocycles. The Morgan fingerprint density at radius 1 is 1.35 bits per heavy atom. The topological polar surface area (TPSA) is 98.2 Å². The molecule has 0 unspecified atom stereocenters. The van der Waals surface area contributed by atoms with Crippen molar-refractivity contribution < 1.29 is 4.92 Å². The van der Waals surface area contributed by atoms with Gasteiger partial charge in [0.2, 0.25) is 11.8 Å². The van der Waals surface area contributed by atoms with E-state index >= 15 is 0 Å². The zero-order valence-electron chi connectivity index (χ0n) is 10.9. The molecule has 0 amide bonds. The van der Waals surface area contributed by atoms with Crippen LogP contribution in [0.15, 0.2) is 24.3 Å². The van der Waals surface area contributed by atoms with Gasteiger partial charge in [-0.15, -0.1) is 0 Å². The number of fused-ring (bicyclic) bond motifs is 1. The van der Waals surface area contributed by atoms with Crippen molar-refractivity contribution in [1.82, 2.24) is 9.97 Å². The Morgan fingerprint density at radius 3 is 2.85 bits per heavy atom. The van der Waals surface area contributed by atoms with Gasteiger partial charge in [0.15, 0.2) is 0 Å². The van der Waals surface area contributed by atoms with Crippen molar-refractivity contribution in [2.45, 2.75) is 13.3 Å². The third-order valence-corrected chi connectivity index (χ3v) is 3.38. The van der Waals surface area contributed by atoms with Crippen molar-refractivity contribution >= 4 is 23.1 Å². The summed E-state index contributed by atoms with van der Waals surface area (Å²) in [5.74, 6) is 0.317. The number of nitrogen functional groups attached to an aromatic ring is 1. The molecule has 2 heterocycles. The predicted octanol–water partition coefficient (Wildman–Crippen LogP) is 1.97. The summed E-state index contributed by atoms with van der Waals surface area (Å²) in [6, 6.07) is 7.80. The number of benzene rings is 1. The monoisotopic (exact) mass is 271 g/mol. The van der Waals surface area contributed by atoms with Gasteiger partial charge in [-0.05, 0) is 25.0 Å². The SMILES string of the molecule is Cc1nc(N)nc(N2CCc3ccccc32)c1[N+](=O)[O-]. The molecule has 1 aromatic heterocycles. The highest BCUT2D eigenvalue weighted by Crippen LogP contribution is 2.38. The first kappa shape index (κ1) is 12.3. The molecule has 0 saturated heterocycles. The van der Waals surface area contributed by atoms with E-state index in [-0.39, 0.29) is 23.1 Å². The summed E-state index contributed by atoms with van der Waals surface area (Å²) in [6.07, 6.45) is 0.830. The molecule has 0 atom stereocenters. The standard InChI is InChI=1S/C13H13N5O2/c1-8-11(18(19)20)12(16-13(14)15-8)17-7-6-9-4-2-3-5-10(9)17/h2-5H,6-7H2,1H3,(H2,14,15,16). The van der Waals surface area contributed by atoms with Crippen LogP contribution in [-0.4, -0.2) is 21.4 Å². The fraction of sp³-hybridized carbons (Fsp3) is 0.231. The van der Waals surface area contributed by atoms with Crippen LogP contribution < -0.4 is 10.6 Å². The fourth-order valence-electron chi connectivity index (χ4n) is 2.53. The lowest BCUT2D eigenvalue weighted by atomic mass is 10.2. The van der Waals surface area contributed by atoms with Gasteiger partial charge in [0.05, 0.1) is 4.92 Å². The third kappa shape index (κ3) is 1.83. The van der Waals surface area contributed by atoms with Crippen molar-refractivity contribution in [3.63, 3.8) is 0 Å². The van der Waals surface area contributed by atoms with E-state index in [0.717, 1.165) is 17.7 Å². The summed E-state index contributed by atoms with van der Waals surface area (Å²) in [5, 5.41) is 11.3. The van der Waals surface area contributed by atoms with E-state index in [2.05, 4.69) is 9.97 Å². The number of hydrogen-bond acceptors (Lipinski definition) is 6. The van der Waals surface area contributed by atoms with Crippen LogP contribution in [0, 0.1) is 17.0 Å². The van der Waals surface area contributed by atoms with Gasteiger partial charge in [-0.1, -0.05) is 18.2 Å². The molecular weight excluding hydrogens is 258 g/mol. The molecule has 20 heavy (non-hydrogen) atoms. The van der Waals surface area contributed by atoms with Crippen molar-refractivity contribution in [1.29, 1.82) is 0 Å². The minimum Gasteiger partial charge on any atom is -0.368 e. The van der Waals surface area contributed by atoms with E-state index in [4.69, 9.17) is 5.73 Å². The molecule has 0 spiro atoms. The van der Waals surface area contributed by atoms with Crippen LogP contribution in [0.1, 0.15) is 11.3 Å². The summed E-state index contributed by atoms with van der Waals surface area (Å²) < 4.78 is 0. The molecule has 1 aliphatic rings. The van der Waals surface area contributed by atoms with Crippen molar-refractivity contribution in [2.75, 3.05) is 17.2 Å². The Bertz CT molecular complexity index is 701. The van der Waals surface area contributed by atoms with Crippen LogP contribution in [0.5, 0.6) is 0 Å². The fourth-order valence-corrected chi connectivity index (χ4v) is 2.53. The number of nitrogens with zero attached hydrogens (tertiary/aromatic N) is 4. The second-order valence-electron chi connectivity index (χ2n) is 4.63. The maximum atomic E-state index is 11.3. The van der Waals surface area contributed by atoms with Crippen LogP contribution in [0.4, 0.5) is 23.1 Å². The number of nitro groups is 1. The van der Waals surface area contributed by atoms with Gasteiger partial charge < -0.3 is 10.6 Å². The summed E-state index contributed by atoms with van der Waals surface area (Å²) in [4.78, 5) is 20.6. The number of hydrogen-bond donors (Lipinski definition) is 1. The van der Waals surface area contributed by atoms with Gasteiger partial charge in [-0.2, -0.15) is 4.98 Å². The lowest BCUT2D eigenvalue weighted by Crippen LogP contribution is -2.18. The number of rotatable bonds is 2. The molecule has 7 heteroatoms. The van der Waals surface area contributed by atoms with Gasteiger partial charge in [-0.25, -0.2) is 4.98 Å². The Labute approximate surface area is 115 Å². The molecule has 2 N–H and O–H groups in total. The van der Waals surface area contributed by atoms with Crippen LogP contribution >= 0.6 is 0 Å². The maximum Gasteiger partial charge on any atom is 0.333 e. The largest absolute Gasteiger partial charge is 0.368 e. The molecule has 1 aliphatic heterocycles. The van der Waals surface area contributed by atoms with Gasteiger partial charge in [0.1, 0.15) is 5.69 Å². The van der Waals surface area contributed by atoms with E-state index in [1.807, 2.05) is 29.2 Å². The van der Waals surface area contributed by atoms with E-state index in [1.165, 1.54) is 0 Å². The summed E-state index contributed by atoms with van der Waals surface area (Å²) >= 11 is 0. The highest BCUT2D eigenvalue weighted by atomic mass is 16.6. The first-order chi connectivity index (χ1) is 9.58. The number of para-hydroxylation sites is 1. The quantitative estimate of drug-likeness (QED) is 0.662. The summed E-state index contributed by atoms with van der Waals surface area (Å²) in [5.41, 5.74) is 7.92. The molecule has 0 bridgehead atoms. The minimum atomic E-state index is -0.453. The second-order valence-corrected chi connectivity index (χ2v) is 4.63. The van der Waals surface area contributed by atoms with Crippen LogP contribution in [0.25, 0.3) is 0 Å². The third-order valence-electron chi connectivity index (χ3n) is 3.38. The highest BCUT2D eigenvalue weighted by molar-refractivity contribution is 5.74. The van der Waals surface area contributed by atoms with E-state index < -0.39 is 4.92 Å². The first-order valence-corrected chi connectivity index (χ1v) is 6.22. The Hall–Kier alpha value is -2.70.